The topological polar surface area (TPSA) is 65.2 Å². The van der Waals surface area contributed by atoms with Gasteiger partial charge >= 0.3 is 5.97 Å². The van der Waals surface area contributed by atoms with Crippen LogP contribution in [-0.2, 0) is 4.74 Å². The maximum Gasteiger partial charge on any atom is 0.358 e. The van der Waals surface area contributed by atoms with Crippen LogP contribution in [-0.4, -0.2) is 18.1 Å². The number of methoxy groups -OCH3 is 1. The molecule has 1 aromatic carbocycles. The maximum atomic E-state index is 11.6. The minimum Gasteiger partial charge on any atom is -0.464 e. The normalized spacial score (nSPS) is 10.4. The fourth-order valence-corrected chi connectivity index (χ4v) is 2.32. The first kappa shape index (κ1) is 14.9. The van der Waals surface area contributed by atoms with Gasteiger partial charge in [-0.05, 0) is 24.3 Å². The summed E-state index contributed by atoms with van der Waals surface area (Å²) in [6.07, 6.45) is 0. The first-order valence-corrected chi connectivity index (χ1v) is 6.57. The van der Waals surface area contributed by atoms with Crippen LogP contribution in [0.25, 0.3) is 11.3 Å². The van der Waals surface area contributed by atoms with Crippen molar-refractivity contribution < 1.29 is 9.53 Å². The van der Waals surface area contributed by atoms with Crippen molar-refractivity contribution in [2.45, 2.75) is 0 Å². The number of pyridine rings is 1. The molecule has 4 nitrogen and oxygen atoms in total. The lowest BCUT2D eigenvalue weighted by atomic mass is 10.1. The monoisotopic (exact) mass is 330 g/mol. The average Bonchev–Trinajstić information content (AvgIpc) is 2.42. The predicted molar refractivity (Wildman–Crippen MR) is 80.5 cm³/mol. The van der Waals surface area contributed by atoms with Crippen molar-refractivity contribution in [1.82, 2.24) is 4.98 Å². The molecule has 20 heavy (non-hydrogen) atoms. The molecule has 0 amide bonds. The van der Waals surface area contributed by atoms with Crippen LogP contribution < -0.4 is 5.73 Å². The van der Waals surface area contributed by atoms with E-state index < -0.39 is 5.97 Å². The number of carbonyl (C=O) groups is 1. The summed E-state index contributed by atoms with van der Waals surface area (Å²) in [5.74, 6) is -0.631. The molecular formula is C13H9Cl3N2O2. The summed E-state index contributed by atoms with van der Waals surface area (Å²) in [5.41, 5.74) is 6.85. The summed E-state index contributed by atoms with van der Waals surface area (Å²) in [4.78, 5) is 15.7. The second-order valence-electron chi connectivity index (χ2n) is 3.88. The van der Waals surface area contributed by atoms with E-state index in [-0.39, 0.29) is 11.4 Å². The molecule has 2 N–H and O–H groups in total. The Balaban J connectivity index is 2.62. The van der Waals surface area contributed by atoms with Gasteiger partial charge in [0.1, 0.15) is 0 Å². The quantitative estimate of drug-likeness (QED) is 0.665. The summed E-state index contributed by atoms with van der Waals surface area (Å²) in [6, 6.07) is 6.29. The van der Waals surface area contributed by atoms with Crippen molar-refractivity contribution in [2.24, 2.45) is 0 Å². The van der Waals surface area contributed by atoms with Crippen molar-refractivity contribution in [2.75, 3.05) is 12.8 Å². The van der Waals surface area contributed by atoms with E-state index in [0.717, 1.165) is 0 Å². The van der Waals surface area contributed by atoms with Crippen LogP contribution in [0.3, 0.4) is 0 Å². The highest BCUT2D eigenvalue weighted by atomic mass is 35.5. The molecule has 0 aliphatic carbocycles. The number of nitrogens with zero attached hydrogens (tertiary/aromatic N) is 1. The second kappa shape index (κ2) is 5.87. The van der Waals surface area contributed by atoms with E-state index in [1.165, 1.54) is 13.2 Å². The van der Waals surface area contributed by atoms with E-state index in [9.17, 15) is 4.79 Å². The third-order valence-electron chi connectivity index (χ3n) is 2.57. The number of benzene rings is 1. The first-order chi connectivity index (χ1) is 9.43. The zero-order valence-electron chi connectivity index (χ0n) is 10.3. The van der Waals surface area contributed by atoms with Crippen LogP contribution in [0.4, 0.5) is 5.69 Å². The molecule has 2 aromatic rings. The summed E-state index contributed by atoms with van der Waals surface area (Å²) < 4.78 is 4.62. The summed E-state index contributed by atoms with van der Waals surface area (Å²) in [5, 5.41) is 1.00. The molecule has 7 heteroatoms. The molecule has 0 unspecified atom stereocenters. The lowest BCUT2D eigenvalue weighted by Gasteiger charge is -2.09. The predicted octanol–water partition coefficient (Wildman–Crippen LogP) is 4.08. The van der Waals surface area contributed by atoms with Gasteiger partial charge < -0.3 is 10.5 Å². The molecule has 0 bridgehead atoms. The Kier molecular flexibility index (Phi) is 4.38. The van der Waals surface area contributed by atoms with Gasteiger partial charge in [0.2, 0.25) is 0 Å². The number of nitrogens with two attached hydrogens (primary N) is 1. The number of rotatable bonds is 2. The summed E-state index contributed by atoms with van der Waals surface area (Å²) >= 11 is 18.0. The van der Waals surface area contributed by atoms with Crippen molar-refractivity contribution in [3.8, 4) is 11.3 Å². The highest BCUT2D eigenvalue weighted by molar-refractivity contribution is 6.45. The molecule has 0 fully saturated rings. The molecule has 2 rings (SSSR count). The molecular weight excluding hydrogens is 323 g/mol. The minimum atomic E-state index is -0.631. The maximum absolute atomic E-state index is 11.6. The van der Waals surface area contributed by atoms with Crippen LogP contribution in [0.15, 0.2) is 24.3 Å². The SMILES string of the molecule is COC(=O)c1nc(-c2cc(Cl)cc(Cl)c2Cl)ccc1N. The van der Waals surface area contributed by atoms with Crippen LogP contribution in [0.1, 0.15) is 10.5 Å². The van der Waals surface area contributed by atoms with Crippen molar-refractivity contribution >= 4 is 46.5 Å². The number of aromatic nitrogens is 1. The van der Waals surface area contributed by atoms with Gasteiger partial charge in [0.15, 0.2) is 5.69 Å². The number of anilines is 1. The van der Waals surface area contributed by atoms with Crippen LogP contribution in [0.5, 0.6) is 0 Å². The lowest BCUT2D eigenvalue weighted by molar-refractivity contribution is 0.0595. The zero-order chi connectivity index (χ0) is 14.9. The molecule has 0 saturated heterocycles. The summed E-state index contributed by atoms with van der Waals surface area (Å²) in [7, 11) is 1.25. The molecule has 1 aromatic heterocycles. The van der Waals surface area contributed by atoms with Crippen molar-refractivity contribution in [3.05, 3.63) is 45.0 Å². The minimum absolute atomic E-state index is 0.0113. The number of hydrogen-bond donors (Lipinski definition) is 1. The molecule has 0 radical (unpaired) electrons. The Labute approximate surface area is 130 Å². The third-order valence-corrected chi connectivity index (χ3v) is 3.59. The largest absolute Gasteiger partial charge is 0.464 e. The Hall–Kier alpha value is -1.49. The zero-order valence-corrected chi connectivity index (χ0v) is 12.6. The molecule has 0 saturated carbocycles. The third kappa shape index (κ3) is 2.82. The number of nitrogen functional groups attached to an aromatic ring is 1. The van der Waals surface area contributed by atoms with E-state index in [1.54, 1.807) is 18.2 Å². The van der Waals surface area contributed by atoms with Crippen molar-refractivity contribution in [3.63, 3.8) is 0 Å². The number of hydrogen-bond acceptors (Lipinski definition) is 4. The van der Waals surface area contributed by atoms with Gasteiger partial charge in [0.25, 0.3) is 0 Å². The molecule has 0 aliphatic heterocycles. The van der Waals surface area contributed by atoms with Gasteiger partial charge in [-0.1, -0.05) is 34.8 Å². The lowest BCUT2D eigenvalue weighted by Crippen LogP contribution is -2.09. The fourth-order valence-electron chi connectivity index (χ4n) is 1.62. The Bertz CT molecular complexity index is 690. The molecule has 104 valence electrons. The number of halogens is 3. The van der Waals surface area contributed by atoms with E-state index in [2.05, 4.69) is 9.72 Å². The number of esters is 1. The van der Waals surface area contributed by atoms with Gasteiger partial charge in [-0.2, -0.15) is 0 Å². The summed E-state index contributed by atoms with van der Waals surface area (Å²) in [6.45, 7) is 0. The molecule has 0 spiro atoms. The standard InChI is InChI=1S/C13H9Cl3N2O2/c1-20-13(19)12-9(17)2-3-10(18-12)7-4-6(14)5-8(15)11(7)16/h2-5H,17H2,1H3. The smallest absolute Gasteiger partial charge is 0.358 e. The Morgan fingerprint density at radius 1 is 1.25 bits per heavy atom. The van der Waals surface area contributed by atoms with E-state index in [4.69, 9.17) is 40.5 Å². The highest BCUT2D eigenvalue weighted by Gasteiger charge is 2.16. The fraction of sp³-hybridized carbons (Fsp3) is 0.0769. The van der Waals surface area contributed by atoms with E-state index in [0.29, 0.717) is 26.3 Å². The van der Waals surface area contributed by atoms with E-state index in [1.807, 2.05) is 0 Å². The number of carbonyl (C=O) groups excluding carboxylic acids is 1. The Morgan fingerprint density at radius 2 is 1.95 bits per heavy atom. The van der Waals surface area contributed by atoms with Gasteiger partial charge in [-0.3, -0.25) is 0 Å². The van der Waals surface area contributed by atoms with Gasteiger partial charge in [-0.15, -0.1) is 0 Å². The molecule has 0 atom stereocenters. The highest BCUT2D eigenvalue weighted by Crippen LogP contribution is 2.36. The van der Waals surface area contributed by atoms with Crippen LogP contribution >= 0.6 is 34.8 Å². The number of ether oxygens (including phenoxy) is 1. The van der Waals surface area contributed by atoms with Gasteiger partial charge in [-0.25, -0.2) is 9.78 Å². The van der Waals surface area contributed by atoms with Crippen LogP contribution in [0, 0.1) is 0 Å². The van der Waals surface area contributed by atoms with Crippen molar-refractivity contribution in [1.29, 1.82) is 0 Å². The molecule has 1 heterocycles. The first-order valence-electron chi connectivity index (χ1n) is 5.43. The van der Waals surface area contributed by atoms with Gasteiger partial charge in [0.05, 0.1) is 28.5 Å². The average molecular weight is 332 g/mol. The van der Waals surface area contributed by atoms with E-state index >= 15 is 0 Å². The Morgan fingerprint density at radius 3 is 2.60 bits per heavy atom. The van der Waals surface area contributed by atoms with Crippen LogP contribution in [0.2, 0.25) is 15.1 Å². The van der Waals surface area contributed by atoms with Gasteiger partial charge in [0, 0.05) is 10.6 Å². The second-order valence-corrected chi connectivity index (χ2v) is 5.10. The molecule has 0 aliphatic rings.